The van der Waals surface area contributed by atoms with Crippen molar-refractivity contribution in [2.45, 2.75) is 37.8 Å². The van der Waals surface area contributed by atoms with Crippen molar-refractivity contribution in [3.05, 3.63) is 0 Å². The summed E-state index contributed by atoms with van der Waals surface area (Å²) in [5.41, 5.74) is 0. The Kier molecular flexibility index (Phi) is 13.8. The lowest BCUT2D eigenvalue weighted by molar-refractivity contribution is -0.128. The molecule has 0 radical (unpaired) electrons. The lowest BCUT2D eigenvalue weighted by Gasteiger charge is -2.24. The average molecular weight is 270 g/mol. The van der Waals surface area contributed by atoms with E-state index in [4.69, 9.17) is 30.6 Å². The van der Waals surface area contributed by atoms with Gasteiger partial charge in [0.1, 0.15) is 24.4 Å². The molecule has 8 nitrogen and oxygen atoms in total. The van der Waals surface area contributed by atoms with E-state index in [-0.39, 0.29) is 0 Å². The van der Waals surface area contributed by atoms with Crippen molar-refractivity contribution in [1.82, 2.24) is 0 Å². The summed E-state index contributed by atoms with van der Waals surface area (Å²) in [6.45, 7) is 1.50. The molecule has 6 N–H and O–H groups in total. The van der Waals surface area contributed by atoms with Gasteiger partial charge in [0, 0.05) is 0 Å². The lowest BCUT2D eigenvalue weighted by atomic mass is 10.0. The van der Waals surface area contributed by atoms with Crippen LogP contribution in [0.3, 0.4) is 0 Å². The van der Waals surface area contributed by atoms with E-state index in [2.05, 4.69) is 4.74 Å². The second-order valence-electron chi connectivity index (χ2n) is 3.45. The molecule has 0 spiro atoms. The molecule has 0 fully saturated rings. The summed E-state index contributed by atoms with van der Waals surface area (Å²) in [5.74, 6) is 0. The highest BCUT2D eigenvalue weighted by atomic mass is 16.5. The predicted molar refractivity (Wildman–Crippen MR) is 60.5 cm³/mol. The summed E-state index contributed by atoms with van der Waals surface area (Å²) in [4.78, 5) is 9.34. The van der Waals surface area contributed by atoms with Gasteiger partial charge in [-0.3, -0.25) is 4.79 Å². The summed E-state index contributed by atoms with van der Waals surface area (Å²) in [6, 6.07) is 0. The third-order valence-corrected chi connectivity index (χ3v) is 1.90. The van der Waals surface area contributed by atoms with E-state index in [1.807, 2.05) is 6.92 Å². The zero-order valence-electron chi connectivity index (χ0n) is 10.2. The molecule has 0 saturated carbocycles. The Hall–Kier alpha value is -0.770. The molecule has 4 atom stereocenters. The van der Waals surface area contributed by atoms with Crippen molar-refractivity contribution in [3.8, 4) is 0 Å². The average Bonchev–Trinajstić information content (AvgIpc) is 2.42. The van der Waals surface area contributed by atoms with Gasteiger partial charge in [0.05, 0.1) is 19.8 Å². The maximum Gasteiger partial charge on any atom is 0.293 e. The van der Waals surface area contributed by atoms with Crippen molar-refractivity contribution < 1.29 is 40.2 Å². The van der Waals surface area contributed by atoms with E-state index in [9.17, 15) is 4.79 Å². The smallest absolute Gasteiger partial charge is 0.293 e. The van der Waals surface area contributed by atoms with Gasteiger partial charge in [0.25, 0.3) is 6.47 Å². The van der Waals surface area contributed by atoms with Crippen LogP contribution in [0.25, 0.3) is 0 Å². The second kappa shape index (κ2) is 12.7. The van der Waals surface area contributed by atoms with E-state index < -0.39 is 37.6 Å². The van der Waals surface area contributed by atoms with Crippen LogP contribution in [0, 0.1) is 0 Å². The Labute approximate surface area is 105 Å². The molecule has 0 amide bonds. The summed E-state index contributed by atoms with van der Waals surface area (Å²) in [5, 5.41) is 52.2. The molecule has 0 bridgehead atoms. The number of hydrogen-bond donors (Lipinski definition) is 6. The van der Waals surface area contributed by atoms with Crippen LogP contribution < -0.4 is 0 Å². The Morgan fingerprint density at radius 2 is 1.39 bits per heavy atom. The van der Waals surface area contributed by atoms with E-state index in [1.165, 1.54) is 0 Å². The van der Waals surface area contributed by atoms with Crippen LogP contribution in [0.5, 0.6) is 0 Å². The quantitative estimate of drug-likeness (QED) is 0.202. The third kappa shape index (κ3) is 9.28. The monoisotopic (exact) mass is 270 g/mol. The Bertz CT molecular complexity index is 175. The van der Waals surface area contributed by atoms with Gasteiger partial charge in [-0.25, -0.2) is 0 Å². The molecule has 4 unspecified atom stereocenters. The van der Waals surface area contributed by atoms with Gasteiger partial charge in [-0.1, -0.05) is 6.92 Å². The predicted octanol–water partition coefficient (Wildman–Crippen LogP) is -3.02. The number of aliphatic hydroxyl groups excluding tert-OH is 6. The first kappa shape index (κ1) is 19.6. The summed E-state index contributed by atoms with van der Waals surface area (Å²) >= 11 is 0. The molecule has 0 aromatic carbocycles. The van der Waals surface area contributed by atoms with Crippen molar-refractivity contribution in [1.29, 1.82) is 0 Å². The van der Waals surface area contributed by atoms with Crippen molar-refractivity contribution >= 4 is 6.47 Å². The lowest BCUT2D eigenvalue weighted by Crippen LogP contribution is -2.46. The van der Waals surface area contributed by atoms with E-state index >= 15 is 0 Å². The number of aliphatic hydroxyl groups is 6. The number of carbonyl (C=O) groups is 1. The SMILES string of the molecule is CCCOC=O.OCC(O)C(O)C(O)C(O)CO. The maximum atomic E-state index is 9.34. The standard InChI is InChI=1S/C6H14O6.C4H8O2/c7-1-3(9)5(11)6(12)4(10)2-8;1-2-3-6-4-5/h3-12H,1-2H2;4H,2-3H2,1H3. The van der Waals surface area contributed by atoms with Crippen LogP contribution >= 0.6 is 0 Å². The van der Waals surface area contributed by atoms with E-state index in [0.29, 0.717) is 13.1 Å². The van der Waals surface area contributed by atoms with Crippen LogP contribution in [0.4, 0.5) is 0 Å². The molecule has 0 aliphatic heterocycles. The Morgan fingerprint density at radius 3 is 1.56 bits per heavy atom. The van der Waals surface area contributed by atoms with Crippen molar-refractivity contribution in [2.75, 3.05) is 19.8 Å². The van der Waals surface area contributed by atoms with Crippen LogP contribution in [0.2, 0.25) is 0 Å². The molecule has 8 heteroatoms. The molecule has 0 aliphatic carbocycles. The molecule has 110 valence electrons. The van der Waals surface area contributed by atoms with Crippen LogP contribution in [0.1, 0.15) is 13.3 Å². The highest BCUT2D eigenvalue weighted by Crippen LogP contribution is 2.03. The summed E-state index contributed by atoms with van der Waals surface area (Å²) in [7, 11) is 0. The van der Waals surface area contributed by atoms with Gasteiger partial charge in [0.15, 0.2) is 0 Å². The number of ether oxygens (including phenoxy) is 1. The molecule has 0 aromatic rings. The topological polar surface area (TPSA) is 148 Å². The van der Waals surface area contributed by atoms with Crippen molar-refractivity contribution in [3.63, 3.8) is 0 Å². The zero-order chi connectivity index (χ0) is 14.6. The first-order valence-corrected chi connectivity index (χ1v) is 5.45. The number of hydrogen-bond acceptors (Lipinski definition) is 8. The number of rotatable bonds is 8. The first-order valence-electron chi connectivity index (χ1n) is 5.45. The van der Waals surface area contributed by atoms with E-state index in [0.717, 1.165) is 6.42 Å². The molecule has 0 aromatic heterocycles. The first-order chi connectivity index (χ1) is 8.45. The largest absolute Gasteiger partial charge is 0.468 e. The highest BCUT2D eigenvalue weighted by Gasteiger charge is 2.29. The molecular weight excluding hydrogens is 248 g/mol. The molecule has 0 rings (SSSR count). The number of carbonyl (C=O) groups excluding carboxylic acids is 1. The fourth-order valence-corrected chi connectivity index (χ4v) is 0.837. The van der Waals surface area contributed by atoms with E-state index in [1.54, 1.807) is 0 Å². The van der Waals surface area contributed by atoms with Gasteiger partial charge in [-0.15, -0.1) is 0 Å². The normalized spacial score (nSPS) is 16.8. The van der Waals surface area contributed by atoms with Gasteiger partial charge in [-0.2, -0.15) is 0 Å². The van der Waals surface area contributed by atoms with Crippen molar-refractivity contribution in [2.24, 2.45) is 0 Å². The van der Waals surface area contributed by atoms with Gasteiger partial charge < -0.3 is 35.4 Å². The second-order valence-corrected chi connectivity index (χ2v) is 3.45. The fourth-order valence-electron chi connectivity index (χ4n) is 0.837. The fraction of sp³-hybridized carbons (Fsp3) is 0.900. The molecule has 0 heterocycles. The minimum Gasteiger partial charge on any atom is -0.468 e. The highest BCUT2D eigenvalue weighted by molar-refractivity contribution is 5.36. The molecule has 0 aliphatic rings. The van der Waals surface area contributed by atoms with Gasteiger partial charge >= 0.3 is 0 Å². The summed E-state index contributed by atoms with van der Waals surface area (Å²) < 4.78 is 4.30. The Morgan fingerprint density at radius 1 is 1.00 bits per heavy atom. The molecule has 0 saturated heterocycles. The summed E-state index contributed by atoms with van der Waals surface area (Å²) in [6.07, 6.45) is -5.49. The molecule has 18 heavy (non-hydrogen) atoms. The minimum atomic E-state index is -1.67. The van der Waals surface area contributed by atoms with Gasteiger partial charge in [-0.05, 0) is 6.42 Å². The van der Waals surface area contributed by atoms with Crippen LogP contribution in [0.15, 0.2) is 0 Å². The zero-order valence-corrected chi connectivity index (χ0v) is 10.2. The third-order valence-electron chi connectivity index (χ3n) is 1.90. The van der Waals surface area contributed by atoms with Crippen LogP contribution in [-0.4, -0.2) is 81.3 Å². The Balaban J connectivity index is 0. The van der Waals surface area contributed by atoms with Gasteiger partial charge in [0.2, 0.25) is 0 Å². The van der Waals surface area contributed by atoms with Crippen LogP contribution in [-0.2, 0) is 9.53 Å². The molecular formula is C10H22O8. The maximum absolute atomic E-state index is 9.34. The minimum absolute atomic E-state index is 0.462.